The number of ether oxygens (including phenoxy) is 1. The van der Waals surface area contributed by atoms with E-state index in [0.717, 1.165) is 37.1 Å². The SMILES string of the molecule is COCCCn1cc(C)nc1NC(C)C1CCCC1. The van der Waals surface area contributed by atoms with Gasteiger partial charge in [0, 0.05) is 32.5 Å². The molecule has 0 saturated heterocycles. The highest BCUT2D eigenvalue weighted by atomic mass is 16.5. The molecule has 1 heterocycles. The van der Waals surface area contributed by atoms with E-state index in [0.29, 0.717) is 6.04 Å². The Morgan fingerprint density at radius 1 is 1.47 bits per heavy atom. The number of rotatable bonds is 7. The Hall–Kier alpha value is -1.03. The molecule has 1 saturated carbocycles. The normalized spacial score (nSPS) is 17.8. The van der Waals surface area contributed by atoms with Crippen molar-refractivity contribution in [2.75, 3.05) is 19.0 Å². The zero-order valence-corrected chi connectivity index (χ0v) is 12.5. The first-order valence-electron chi connectivity index (χ1n) is 7.50. The van der Waals surface area contributed by atoms with Gasteiger partial charge in [-0.1, -0.05) is 12.8 Å². The van der Waals surface area contributed by atoms with Crippen LogP contribution in [0.5, 0.6) is 0 Å². The van der Waals surface area contributed by atoms with Crippen molar-refractivity contribution < 1.29 is 4.74 Å². The number of nitrogens with zero attached hydrogens (tertiary/aromatic N) is 2. The first-order chi connectivity index (χ1) is 9.20. The fraction of sp³-hybridized carbons (Fsp3) is 0.800. The minimum atomic E-state index is 0.519. The maximum absolute atomic E-state index is 5.12. The van der Waals surface area contributed by atoms with E-state index in [1.807, 2.05) is 0 Å². The molecule has 1 fully saturated rings. The maximum Gasteiger partial charge on any atom is 0.203 e. The van der Waals surface area contributed by atoms with Gasteiger partial charge in [-0.15, -0.1) is 0 Å². The molecule has 19 heavy (non-hydrogen) atoms. The molecule has 1 aromatic heterocycles. The lowest BCUT2D eigenvalue weighted by molar-refractivity contribution is 0.190. The van der Waals surface area contributed by atoms with Crippen LogP contribution in [0.3, 0.4) is 0 Å². The van der Waals surface area contributed by atoms with Crippen molar-refractivity contribution in [3.05, 3.63) is 11.9 Å². The largest absolute Gasteiger partial charge is 0.385 e. The quantitative estimate of drug-likeness (QED) is 0.769. The van der Waals surface area contributed by atoms with Gasteiger partial charge in [0.05, 0.1) is 5.69 Å². The second kappa shape index (κ2) is 6.94. The number of hydrogen-bond donors (Lipinski definition) is 1. The van der Waals surface area contributed by atoms with E-state index in [2.05, 4.69) is 34.9 Å². The van der Waals surface area contributed by atoms with Crippen LogP contribution in [0, 0.1) is 12.8 Å². The highest BCUT2D eigenvalue weighted by Crippen LogP contribution is 2.29. The number of aryl methyl sites for hydroxylation is 2. The van der Waals surface area contributed by atoms with Crippen LogP contribution in [-0.2, 0) is 11.3 Å². The monoisotopic (exact) mass is 265 g/mol. The standard InChI is InChI=1S/C15H27N3O/c1-12-11-18(9-6-10-19-3)15(16-12)17-13(2)14-7-4-5-8-14/h11,13-14H,4-10H2,1-3H3,(H,16,17). The molecule has 1 aliphatic rings. The van der Waals surface area contributed by atoms with Crippen molar-refractivity contribution in [3.63, 3.8) is 0 Å². The zero-order chi connectivity index (χ0) is 13.7. The van der Waals surface area contributed by atoms with Crippen molar-refractivity contribution in [1.82, 2.24) is 9.55 Å². The molecule has 1 aliphatic carbocycles. The molecule has 4 heteroatoms. The van der Waals surface area contributed by atoms with Crippen LogP contribution in [0.4, 0.5) is 5.95 Å². The Balaban J connectivity index is 1.94. The molecule has 1 atom stereocenters. The summed E-state index contributed by atoms with van der Waals surface area (Å²) in [5.41, 5.74) is 1.08. The number of nitrogens with one attached hydrogen (secondary N) is 1. The van der Waals surface area contributed by atoms with E-state index in [4.69, 9.17) is 4.74 Å². The molecule has 108 valence electrons. The lowest BCUT2D eigenvalue weighted by Gasteiger charge is -2.21. The van der Waals surface area contributed by atoms with E-state index in [-0.39, 0.29) is 0 Å². The highest BCUT2D eigenvalue weighted by Gasteiger charge is 2.22. The fourth-order valence-corrected chi connectivity index (χ4v) is 2.99. The van der Waals surface area contributed by atoms with Gasteiger partial charge in [0.1, 0.15) is 0 Å². The number of methoxy groups -OCH3 is 1. The Morgan fingerprint density at radius 2 is 2.21 bits per heavy atom. The number of imidazole rings is 1. The third-order valence-corrected chi connectivity index (χ3v) is 4.11. The van der Waals surface area contributed by atoms with Gasteiger partial charge in [-0.3, -0.25) is 0 Å². The van der Waals surface area contributed by atoms with Gasteiger partial charge in [0.25, 0.3) is 0 Å². The van der Waals surface area contributed by atoms with Gasteiger partial charge < -0.3 is 14.6 Å². The summed E-state index contributed by atoms with van der Waals surface area (Å²) in [6.45, 7) is 6.11. The number of aromatic nitrogens is 2. The van der Waals surface area contributed by atoms with Gasteiger partial charge in [0.15, 0.2) is 0 Å². The summed E-state index contributed by atoms with van der Waals surface area (Å²) in [4.78, 5) is 4.61. The molecule has 0 aromatic carbocycles. The van der Waals surface area contributed by atoms with Crippen molar-refractivity contribution in [3.8, 4) is 0 Å². The van der Waals surface area contributed by atoms with E-state index < -0.39 is 0 Å². The Morgan fingerprint density at radius 3 is 2.89 bits per heavy atom. The molecular formula is C15H27N3O. The molecule has 1 unspecified atom stereocenters. The lowest BCUT2D eigenvalue weighted by Crippen LogP contribution is -2.25. The third-order valence-electron chi connectivity index (χ3n) is 4.11. The topological polar surface area (TPSA) is 39.1 Å². The molecule has 1 N–H and O–H groups in total. The first kappa shape index (κ1) is 14.4. The summed E-state index contributed by atoms with van der Waals surface area (Å²) in [6, 6.07) is 0.519. The number of hydrogen-bond acceptors (Lipinski definition) is 3. The van der Waals surface area contributed by atoms with Crippen molar-refractivity contribution >= 4 is 5.95 Å². The van der Waals surface area contributed by atoms with Crippen molar-refractivity contribution in [2.45, 2.75) is 58.5 Å². The summed E-state index contributed by atoms with van der Waals surface area (Å²) in [6.07, 6.45) is 8.64. The maximum atomic E-state index is 5.12. The van der Waals surface area contributed by atoms with Crippen molar-refractivity contribution in [1.29, 1.82) is 0 Å². The van der Waals surface area contributed by atoms with Crippen LogP contribution < -0.4 is 5.32 Å². The van der Waals surface area contributed by atoms with Crippen molar-refractivity contribution in [2.24, 2.45) is 5.92 Å². The van der Waals surface area contributed by atoms with Crippen LogP contribution in [0.25, 0.3) is 0 Å². The fourth-order valence-electron chi connectivity index (χ4n) is 2.99. The Kier molecular flexibility index (Phi) is 5.25. The summed E-state index contributed by atoms with van der Waals surface area (Å²) in [5, 5.41) is 3.61. The first-order valence-corrected chi connectivity index (χ1v) is 7.50. The van der Waals surface area contributed by atoms with Crippen LogP contribution in [0.2, 0.25) is 0 Å². The van der Waals surface area contributed by atoms with E-state index in [1.54, 1.807) is 7.11 Å². The van der Waals surface area contributed by atoms with Crippen LogP contribution in [0.1, 0.15) is 44.7 Å². The minimum Gasteiger partial charge on any atom is -0.385 e. The molecule has 0 amide bonds. The summed E-state index contributed by atoms with van der Waals surface area (Å²) in [5.74, 6) is 1.83. The second-order valence-electron chi connectivity index (χ2n) is 5.72. The molecule has 0 spiro atoms. The van der Waals surface area contributed by atoms with Gasteiger partial charge >= 0.3 is 0 Å². The second-order valence-corrected chi connectivity index (χ2v) is 5.72. The van der Waals surface area contributed by atoms with Gasteiger partial charge in [-0.2, -0.15) is 0 Å². The molecule has 4 nitrogen and oxygen atoms in total. The average Bonchev–Trinajstić information content (AvgIpc) is 3.00. The molecule has 1 aromatic rings. The van der Waals surface area contributed by atoms with Crippen LogP contribution >= 0.6 is 0 Å². The Labute approximate surface area is 116 Å². The number of anilines is 1. The van der Waals surface area contributed by atoms with Gasteiger partial charge in [-0.05, 0) is 39.0 Å². The predicted molar refractivity (Wildman–Crippen MR) is 78.5 cm³/mol. The van der Waals surface area contributed by atoms with E-state index in [9.17, 15) is 0 Å². The highest BCUT2D eigenvalue weighted by molar-refractivity contribution is 5.30. The van der Waals surface area contributed by atoms with Gasteiger partial charge in [-0.25, -0.2) is 4.98 Å². The molecule has 0 bridgehead atoms. The van der Waals surface area contributed by atoms with E-state index >= 15 is 0 Å². The molecule has 2 rings (SSSR count). The summed E-state index contributed by atoms with van der Waals surface area (Å²) >= 11 is 0. The lowest BCUT2D eigenvalue weighted by atomic mass is 10.0. The summed E-state index contributed by atoms with van der Waals surface area (Å²) in [7, 11) is 1.75. The summed E-state index contributed by atoms with van der Waals surface area (Å²) < 4.78 is 7.34. The Bertz CT molecular complexity index is 383. The predicted octanol–water partition coefficient (Wildman–Crippen LogP) is 3.22. The minimum absolute atomic E-state index is 0.519. The molecule has 0 radical (unpaired) electrons. The van der Waals surface area contributed by atoms with Crippen LogP contribution in [0.15, 0.2) is 6.20 Å². The smallest absolute Gasteiger partial charge is 0.203 e. The zero-order valence-electron chi connectivity index (χ0n) is 12.5. The molecule has 0 aliphatic heterocycles. The third kappa shape index (κ3) is 3.96. The van der Waals surface area contributed by atoms with E-state index in [1.165, 1.54) is 25.7 Å². The molecular weight excluding hydrogens is 238 g/mol. The van der Waals surface area contributed by atoms with Gasteiger partial charge in [0.2, 0.25) is 5.95 Å². The van der Waals surface area contributed by atoms with Crippen LogP contribution in [-0.4, -0.2) is 29.3 Å². The average molecular weight is 265 g/mol.